The number of β-amino-alcohol motifs (C(OH)–C–C–N with tert-alkyl or cyclic N) is 1. The number of aliphatic hydroxyl groups is 1. The molecule has 1 amide bonds. The summed E-state index contributed by atoms with van der Waals surface area (Å²) in [4.78, 5) is 17.9. The van der Waals surface area contributed by atoms with Crippen molar-refractivity contribution in [1.82, 2.24) is 9.80 Å². The number of rotatable bonds is 3. The number of carbonyl (C=O) groups excluding carboxylic acids is 1. The zero-order valence-corrected chi connectivity index (χ0v) is 14.4. The molecule has 4 rings (SSSR count). The van der Waals surface area contributed by atoms with Crippen LogP contribution in [-0.2, 0) is 4.79 Å². The van der Waals surface area contributed by atoms with Crippen molar-refractivity contribution in [2.45, 2.75) is 88.3 Å². The third-order valence-electron chi connectivity index (χ3n) is 7.00. The lowest BCUT2D eigenvalue weighted by Gasteiger charge is -2.37. The molecule has 0 unspecified atom stereocenters. The number of amides is 1. The minimum atomic E-state index is -0.362. The summed E-state index contributed by atoms with van der Waals surface area (Å²) in [6.45, 7) is 2.65. The van der Waals surface area contributed by atoms with Gasteiger partial charge in [-0.3, -0.25) is 9.69 Å². The molecule has 4 nitrogen and oxygen atoms in total. The fourth-order valence-corrected chi connectivity index (χ4v) is 5.77. The van der Waals surface area contributed by atoms with E-state index in [4.69, 9.17) is 0 Å². The number of aliphatic hydroxyl groups excluding tert-OH is 1. The van der Waals surface area contributed by atoms with Gasteiger partial charge in [0, 0.05) is 32.1 Å². The number of hydrogen-bond acceptors (Lipinski definition) is 3. The number of nitrogens with zero attached hydrogens (tertiary/aromatic N) is 2. The van der Waals surface area contributed by atoms with Crippen LogP contribution in [0.4, 0.5) is 0 Å². The van der Waals surface area contributed by atoms with Crippen LogP contribution < -0.4 is 0 Å². The molecular formula is C19H32N2O2. The van der Waals surface area contributed by atoms with Crippen molar-refractivity contribution in [3.63, 3.8) is 0 Å². The van der Waals surface area contributed by atoms with Gasteiger partial charge < -0.3 is 10.0 Å². The first-order valence-electron chi connectivity index (χ1n) is 9.93. The molecule has 2 aliphatic carbocycles. The molecule has 130 valence electrons. The van der Waals surface area contributed by atoms with Gasteiger partial charge in [0.1, 0.15) is 5.54 Å². The lowest BCUT2D eigenvalue weighted by atomic mass is 9.91. The lowest BCUT2D eigenvalue weighted by Crippen LogP contribution is -2.53. The van der Waals surface area contributed by atoms with E-state index in [0.29, 0.717) is 24.9 Å². The van der Waals surface area contributed by atoms with Gasteiger partial charge in [-0.2, -0.15) is 0 Å². The maximum absolute atomic E-state index is 13.3. The van der Waals surface area contributed by atoms with Gasteiger partial charge in [0.15, 0.2) is 0 Å². The second-order valence-corrected chi connectivity index (χ2v) is 8.49. The molecular weight excluding hydrogens is 288 g/mol. The zero-order valence-electron chi connectivity index (χ0n) is 14.4. The molecule has 2 heterocycles. The minimum Gasteiger partial charge on any atom is -0.392 e. The Balaban J connectivity index is 1.49. The van der Waals surface area contributed by atoms with Crippen molar-refractivity contribution in [3.8, 4) is 0 Å². The molecule has 0 aromatic rings. The summed E-state index contributed by atoms with van der Waals surface area (Å²) < 4.78 is 0. The van der Waals surface area contributed by atoms with E-state index in [2.05, 4.69) is 9.80 Å². The van der Waals surface area contributed by atoms with Crippen LogP contribution in [0.1, 0.15) is 70.6 Å². The van der Waals surface area contributed by atoms with Gasteiger partial charge >= 0.3 is 0 Å². The average molecular weight is 320 g/mol. The maximum Gasteiger partial charge on any atom is 0.243 e. The Kier molecular flexibility index (Phi) is 4.39. The molecule has 4 fully saturated rings. The van der Waals surface area contributed by atoms with E-state index >= 15 is 0 Å². The van der Waals surface area contributed by atoms with Crippen molar-refractivity contribution in [2.24, 2.45) is 5.92 Å². The monoisotopic (exact) mass is 320 g/mol. The Morgan fingerprint density at radius 2 is 1.74 bits per heavy atom. The summed E-state index contributed by atoms with van der Waals surface area (Å²) in [5, 5.41) is 10.3. The van der Waals surface area contributed by atoms with Crippen molar-refractivity contribution in [3.05, 3.63) is 0 Å². The summed E-state index contributed by atoms with van der Waals surface area (Å²) in [6, 6.07) is 0.474. The number of likely N-dealkylation sites (tertiary alicyclic amines) is 2. The van der Waals surface area contributed by atoms with E-state index in [-0.39, 0.29) is 11.6 Å². The Labute approximate surface area is 140 Å². The topological polar surface area (TPSA) is 43.8 Å². The van der Waals surface area contributed by atoms with Crippen LogP contribution in [0, 0.1) is 5.92 Å². The Morgan fingerprint density at radius 3 is 2.48 bits per heavy atom. The summed E-state index contributed by atoms with van der Waals surface area (Å²) >= 11 is 0. The van der Waals surface area contributed by atoms with Gasteiger partial charge in [-0.05, 0) is 38.0 Å². The Bertz CT molecular complexity index is 443. The predicted octanol–water partition coefficient (Wildman–Crippen LogP) is 2.55. The molecule has 0 aromatic carbocycles. The first-order chi connectivity index (χ1) is 11.2. The SMILES string of the molecule is O=C1N(C2CCCCC2)CC[C@]12C[C@@H](O)CN2CC1CCCC1. The van der Waals surface area contributed by atoms with Gasteiger partial charge in [0.2, 0.25) is 5.91 Å². The highest BCUT2D eigenvalue weighted by Gasteiger charge is 2.56. The first kappa shape index (κ1) is 15.9. The molecule has 0 aromatic heterocycles. The average Bonchev–Trinajstić information content (AvgIpc) is 3.24. The van der Waals surface area contributed by atoms with Gasteiger partial charge in [0.05, 0.1) is 6.10 Å². The highest BCUT2D eigenvalue weighted by molar-refractivity contribution is 5.89. The van der Waals surface area contributed by atoms with Gasteiger partial charge in [0.25, 0.3) is 0 Å². The van der Waals surface area contributed by atoms with E-state index in [0.717, 1.165) is 25.4 Å². The normalized spacial score (nSPS) is 37.5. The van der Waals surface area contributed by atoms with Crippen molar-refractivity contribution >= 4 is 5.91 Å². The van der Waals surface area contributed by atoms with Crippen molar-refractivity contribution < 1.29 is 9.90 Å². The molecule has 2 saturated carbocycles. The van der Waals surface area contributed by atoms with Crippen molar-refractivity contribution in [2.75, 3.05) is 19.6 Å². The Hall–Kier alpha value is -0.610. The van der Waals surface area contributed by atoms with E-state index < -0.39 is 0 Å². The van der Waals surface area contributed by atoms with Crippen LogP contribution in [0.2, 0.25) is 0 Å². The summed E-state index contributed by atoms with van der Waals surface area (Å²) in [5.41, 5.74) is -0.362. The van der Waals surface area contributed by atoms with E-state index in [1.807, 2.05) is 0 Å². The van der Waals surface area contributed by atoms with Crippen LogP contribution in [-0.4, -0.2) is 58.1 Å². The van der Waals surface area contributed by atoms with E-state index in [9.17, 15) is 9.90 Å². The fourth-order valence-electron chi connectivity index (χ4n) is 5.77. The maximum atomic E-state index is 13.3. The van der Waals surface area contributed by atoms with Crippen LogP contribution in [0.15, 0.2) is 0 Å². The third kappa shape index (κ3) is 2.82. The third-order valence-corrected chi connectivity index (χ3v) is 7.00. The minimum absolute atomic E-state index is 0.313. The predicted molar refractivity (Wildman–Crippen MR) is 90.1 cm³/mol. The second kappa shape index (κ2) is 6.36. The lowest BCUT2D eigenvalue weighted by molar-refractivity contribution is -0.139. The standard InChI is InChI=1S/C19H32N2O2/c22-17-12-19(20(14-17)13-15-6-4-5-7-15)10-11-21(18(19)23)16-8-2-1-3-9-16/h15-17,22H,1-14H2/t17-,19+/m1/s1. The number of carbonyl (C=O) groups is 1. The fraction of sp³-hybridized carbons (Fsp3) is 0.947. The molecule has 0 radical (unpaired) electrons. The van der Waals surface area contributed by atoms with E-state index in [1.165, 1.54) is 57.8 Å². The van der Waals surface area contributed by atoms with Crippen LogP contribution in [0.5, 0.6) is 0 Å². The van der Waals surface area contributed by atoms with E-state index in [1.54, 1.807) is 0 Å². The summed E-state index contributed by atoms with van der Waals surface area (Å²) in [5.74, 6) is 1.09. The van der Waals surface area contributed by atoms with Crippen LogP contribution >= 0.6 is 0 Å². The molecule has 23 heavy (non-hydrogen) atoms. The molecule has 2 saturated heterocycles. The second-order valence-electron chi connectivity index (χ2n) is 8.49. The van der Waals surface area contributed by atoms with Crippen LogP contribution in [0.3, 0.4) is 0 Å². The van der Waals surface area contributed by atoms with Gasteiger partial charge in [-0.15, -0.1) is 0 Å². The van der Waals surface area contributed by atoms with Gasteiger partial charge in [-0.25, -0.2) is 0 Å². The zero-order chi connectivity index (χ0) is 15.9. The van der Waals surface area contributed by atoms with Crippen LogP contribution in [0.25, 0.3) is 0 Å². The molecule has 1 N–H and O–H groups in total. The highest BCUT2D eigenvalue weighted by atomic mass is 16.3. The first-order valence-corrected chi connectivity index (χ1v) is 9.93. The number of hydrogen-bond donors (Lipinski definition) is 1. The molecule has 4 aliphatic rings. The molecule has 1 spiro atoms. The largest absolute Gasteiger partial charge is 0.392 e. The molecule has 2 aliphatic heterocycles. The van der Waals surface area contributed by atoms with Gasteiger partial charge in [-0.1, -0.05) is 32.1 Å². The summed E-state index contributed by atoms with van der Waals surface area (Å²) in [6.07, 6.45) is 12.8. The quantitative estimate of drug-likeness (QED) is 0.869. The van der Waals surface area contributed by atoms with Crippen molar-refractivity contribution in [1.29, 1.82) is 0 Å². The Morgan fingerprint density at radius 1 is 1.04 bits per heavy atom. The smallest absolute Gasteiger partial charge is 0.243 e. The molecule has 0 bridgehead atoms. The highest BCUT2D eigenvalue weighted by Crippen LogP contribution is 2.42. The molecule has 4 heteroatoms. The molecule has 2 atom stereocenters. The summed E-state index contributed by atoms with van der Waals surface area (Å²) in [7, 11) is 0.